The topological polar surface area (TPSA) is 66.9 Å². The van der Waals surface area contributed by atoms with E-state index in [-0.39, 0.29) is 29.4 Å². The molecule has 1 aliphatic heterocycles. The standard InChI is InChI=1S/C16H19ClN2O4S/c1-2-3-8-23-13-7-5-4-6-12(13)18(14(20)9-17)11-19-15(21)10-24-16(19)22/h4-7H,2-3,8-11H2,1H3. The highest BCUT2D eigenvalue weighted by atomic mass is 35.5. The molecule has 0 atom stereocenters. The van der Waals surface area contributed by atoms with E-state index in [9.17, 15) is 14.4 Å². The summed E-state index contributed by atoms with van der Waals surface area (Å²) in [5.74, 6) is -0.359. The molecule has 8 heteroatoms. The minimum absolute atomic E-state index is 0.0936. The molecule has 0 spiro atoms. The number of benzene rings is 1. The number of imide groups is 1. The highest BCUT2D eigenvalue weighted by Gasteiger charge is 2.33. The van der Waals surface area contributed by atoms with Crippen LogP contribution >= 0.6 is 23.4 Å². The van der Waals surface area contributed by atoms with Crippen LogP contribution in [0.1, 0.15) is 19.8 Å². The zero-order chi connectivity index (χ0) is 17.5. The summed E-state index contributed by atoms with van der Waals surface area (Å²) in [6, 6.07) is 7.03. The summed E-state index contributed by atoms with van der Waals surface area (Å²) in [7, 11) is 0. The fourth-order valence-electron chi connectivity index (χ4n) is 2.15. The second-order valence-corrected chi connectivity index (χ2v) is 6.34. The lowest BCUT2D eigenvalue weighted by Gasteiger charge is -2.27. The van der Waals surface area contributed by atoms with Crippen LogP contribution in [0.15, 0.2) is 24.3 Å². The Balaban J connectivity index is 2.26. The summed E-state index contributed by atoms with van der Waals surface area (Å²) >= 11 is 6.63. The Labute approximate surface area is 150 Å². The second kappa shape index (κ2) is 8.94. The molecule has 0 unspecified atom stereocenters. The molecule has 1 saturated heterocycles. The van der Waals surface area contributed by atoms with Gasteiger partial charge in [0, 0.05) is 0 Å². The summed E-state index contributed by atoms with van der Waals surface area (Å²) in [5, 5.41) is -0.364. The van der Waals surface area contributed by atoms with E-state index in [2.05, 4.69) is 6.92 Å². The SMILES string of the molecule is CCCCOc1ccccc1N(CN1C(=O)CSC1=O)C(=O)CCl. The van der Waals surface area contributed by atoms with Crippen LogP contribution in [0, 0.1) is 0 Å². The van der Waals surface area contributed by atoms with Gasteiger partial charge in [-0.1, -0.05) is 37.2 Å². The first-order valence-electron chi connectivity index (χ1n) is 7.63. The number of para-hydroxylation sites is 2. The van der Waals surface area contributed by atoms with Gasteiger partial charge in [0.05, 0.1) is 18.0 Å². The number of nitrogens with zero attached hydrogens (tertiary/aromatic N) is 2. The molecule has 130 valence electrons. The Morgan fingerprint density at radius 2 is 2.12 bits per heavy atom. The molecule has 1 aromatic carbocycles. The third kappa shape index (κ3) is 4.42. The lowest BCUT2D eigenvalue weighted by atomic mass is 10.2. The van der Waals surface area contributed by atoms with E-state index >= 15 is 0 Å². The maximum absolute atomic E-state index is 12.3. The molecule has 1 fully saturated rings. The number of unbranched alkanes of at least 4 members (excludes halogenated alkanes) is 1. The first kappa shape index (κ1) is 18.6. The van der Waals surface area contributed by atoms with Gasteiger partial charge in [0.15, 0.2) is 0 Å². The van der Waals surface area contributed by atoms with E-state index in [1.54, 1.807) is 24.3 Å². The van der Waals surface area contributed by atoms with Crippen LogP contribution in [0.3, 0.4) is 0 Å². The Kier molecular flexibility index (Phi) is 6.93. The number of carbonyl (C=O) groups is 3. The first-order chi connectivity index (χ1) is 11.6. The highest BCUT2D eigenvalue weighted by molar-refractivity contribution is 8.14. The quantitative estimate of drug-likeness (QED) is 0.519. The van der Waals surface area contributed by atoms with Gasteiger partial charge in [-0.05, 0) is 18.6 Å². The molecule has 0 radical (unpaired) electrons. The number of rotatable bonds is 8. The Hall–Kier alpha value is -1.73. The number of hydrogen-bond acceptors (Lipinski definition) is 5. The number of carbonyl (C=O) groups excluding carboxylic acids is 3. The minimum atomic E-state index is -0.402. The number of halogens is 1. The summed E-state index contributed by atoms with van der Waals surface area (Å²) in [5.41, 5.74) is 0.497. The van der Waals surface area contributed by atoms with Gasteiger partial charge >= 0.3 is 0 Å². The van der Waals surface area contributed by atoms with Crippen LogP contribution in [-0.2, 0) is 9.59 Å². The lowest BCUT2D eigenvalue weighted by molar-refractivity contribution is -0.125. The van der Waals surface area contributed by atoms with E-state index in [1.165, 1.54) is 4.90 Å². The van der Waals surface area contributed by atoms with Crippen molar-refractivity contribution in [2.75, 3.05) is 29.8 Å². The van der Waals surface area contributed by atoms with Crippen molar-refractivity contribution in [3.05, 3.63) is 24.3 Å². The van der Waals surface area contributed by atoms with Gasteiger partial charge in [-0.3, -0.25) is 24.2 Å². The second-order valence-electron chi connectivity index (χ2n) is 5.14. The number of alkyl halides is 1. The first-order valence-corrected chi connectivity index (χ1v) is 9.15. The third-order valence-corrected chi connectivity index (χ3v) is 4.54. The van der Waals surface area contributed by atoms with Gasteiger partial charge < -0.3 is 4.74 Å². The van der Waals surface area contributed by atoms with Gasteiger partial charge in [0.2, 0.25) is 11.8 Å². The van der Waals surface area contributed by atoms with E-state index in [0.717, 1.165) is 29.5 Å². The van der Waals surface area contributed by atoms with Crippen LogP contribution in [0.4, 0.5) is 10.5 Å². The molecular formula is C16H19ClN2O4S. The van der Waals surface area contributed by atoms with Crippen LogP contribution in [0.2, 0.25) is 0 Å². The average molecular weight is 371 g/mol. The van der Waals surface area contributed by atoms with Crippen molar-refractivity contribution in [1.82, 2.24) is 4.90 Å². The molecule has 0 saturated carbocycles. The van der Waals surface area contributed by atoms with Crippen LogP contribution in [-0.4, -0.2) is 46.9 Å². The van der Waals surface area contributed by atoms with Crippen molar-refractivity contribution in [2.45, 2.75) is 19.8 Å². The molecule has 24 heavy (non-hydrogen) atoms. The van der Waals surface area contributed by atoms with Gasteiger partial charge in [-0.2, -0.15) is 0 Å². The van der Waals surface area contributed by atoms with Crippen LogP contribution in [0.25, 0.3) is 0 Å². The van der Waals surface area contributed by atoms with Crippen LogP contribution in [0.5, 0.6) is 5.75 Å². The molecule has 6 nitrogen and oxygen atoms in total. The van der Waals surface area contributed by atoms with E-state index in [1.807, 2.05) is 0 Å². The zero-order valence-electron chi connectivity index (χ0n) is 13.4. The molecule has 3 amide bonds. The Bertz CT molecular complexity index is 610. The maximum Gasteiger partial charge on any atom is 0.290 e. The number of hydrogen-bond donors (Lipinski definition) is 0. The predicted octanol–water partition coefficient (Wildman–Crippen LogP) is 3.09. The molecule has 1 aliphatic rings. The van der Waals surface area contributed by atoms with Crippen molar-refractivity contribution in [3.63, 3.8) is 0 Å². The molecule has 0 bridgehead atoms. The van der Waals surface area contributed by atoms with Gasteiger partial charge in [0.1, 0.15) is 18.3 Å². The summed E-state index contributed by atoms with van der Waals surface area (Å²) < 4.78 is 5.74. The normalized spacial score (nSPS) is 14.2. The van der Waals surface area contributed by atoms with Gasteiger partial charge in [-0.15, -0.1) is 11.6 Å². The number of ether oxygens (including phenoxy) is 1. The fraction of sp³-hybridized carbons (Fsp3) is 0.438. The van der Waals surface area contributed by atoms with Crippen molar-refractivity contribution in [3.8, 4) is 5.75 Å². The summed E-state index contributed by atoms with van der Waals surface area (Å²) in [6.45, 7) is 2.42. The van der Waals surface area contributed by atoms with Crippen molar-refractivity contribution in [1.29, 1.82) is 0 Å². The Morgan fingerprint density at radius 3 is 2.75 bits per heavy atom. The lowest BCUT2D eigenvalue weighted by Crippen LogP contribution is -2.44. The van der Waals surface area contributed by atoms with E-state index in [0.29, 0.717) is 18.0 Å². The maximum atomic E-state index is 12.3. The molecule has 1 aromatic rings. The number of thioether (sulfide) groups is 1. The van der Waals surface area contributed by atoms with Crippen LogP contribution < -0.4 is 9.64 Å². The predicted molar refractivity (Wildman–Crippen MR) is 94.6 cm³/mol. The molecule has 1 heterocycles. The number of anilines is 1. The molecular weight excluding hydrogens is 352 g/mol. The van der Waals surface area contributed by atoms with Crippen molar-refractivity contribution in [2.24, 2.45) is 0 Å². The molecule has 2 rings (SSSR count). The summed E-state index contributed by atoms with van der Waals surface area (Å²) in [6.07, 6.45) is 1.87. The zero-order valence-corrected chi connectivity index (χ0v) is 14.9. The smallest absolute Gasteiger partial charge is 0.290 e. The van der Waals surface area contributed by atoms with E-state index in [4.69, 9.17) is 16.3 Å². The van der Waals surface area contributed by atoms with Gasteiger partial charge in [-0.25, -0.2) is 0 Å². The Morgan fingerprint density at radius 1 is 1.38 bits per heavy atom. The molecule has 0 aromatic heterocycles. The third-order valence-electron chi connectivity index (χ3n) is 3.45. The minimum Gasteiger partial charge on any atom is -0.491 e. The summed E-state index contributed by atoms with van der Waals surface area (Å²) in [4.78, 5) is 38.3. The van der Waals surface area contributed by atoms with Crippen molar-refractivity contribution < 1.29 is 19.1 Å². The van der Waals surface area contributed by atoms with Gasteiger partial charge in [0.25, 0.3) is 5.24 Å². The highest BCUT2D eigenvalue weighted by Crippen LogP contribution is 2.30. The largest absolute Gasteiger partial charge is 0.491 e. The molecule has 0 N–H and O–H groups in total. The number of amides is 3. The molecule has 0 aliphatic carbocycles. The van der Waals surface area contributed by atoms with Crippen molar-refractivity contribution >= 4 is 46.1 Å². The monoisotopic (exact) mass is 370 g/mol. The fourth-order valence-corrected chi connectivity index (χ4v) is 3.01. The average Bonchev–Trinajstić information content (AvgIpc) is 2.91. The van der Waals surface area contributed by atoms with E-state index < -0.39 is 5.91 Å².